The third kappa shape index (κ3) is 3.17. The zero-order chi connectivity index (χ0) is 14.5. The first kappa shape index (κ1) is 14.5. The molecule has 0 aliphatic carbocycles. The summed E-state index contributed by atoms with van der Waals surface area (Å²) in [5.74, 6) is 0.546. The van der Waals surface area contributed by atoms with Gasteiger partial charge in [-0.1, -0.05) is 45.0 Å². The number of nitrogens with one attached hydrogen (secondary N) is 1. The van der Waals surface area contributed by atoms with Crippen LogP contribution in [0.2, 0.25) is 0 Å². The van der Waals surface area contributed by atoms with Gasteiger partial charge >= 0.3 is 0 Å². The topological polar surface area (TPSA) is 50.9 Å². The Morgan fingerprint density at radius 3 is 2.30 bits per heavy atom. The second-order valence-electron chi connectivity index (χ2n) is 5.32. The summed E-state index contributed by atoms with van der Waals surface area (Å²) in [5.41, 5.74) is 10.5. The summed E-state index contributed by atoms with van der Waals surface area (Å²) in [6.45, 7) is 7.39. The molecule has 0 saturated heterocycles. The summed E-state index contributed by atoms with van der Waals surface area (Å²) < 4.78 is 0. The van der Waals surface area contributed by atoms with Gasteiger partial charge in [-0.15, -0.1) is 0 Å². The van der Waals surface area contributed by atoms with E-state index in [0.717, 1.165) is 17.8 Å². The molecule has 3 N–H and O–H groups in total. The number of hydrogen-bond donors (Lipinski definition) is 2. The number of hydrogen-bond acceptors (Lipinski definition) is 3. The van der Waals surface area contributed by atoms with Crippen molar-refractivity contribution in [3.05, 3.63) is 59.4 Å². The molecule has 0 bridgehead atoms. The fraction of sp³-hybridized carbons (Fsp3) is 0.353. The zero-order valence-corrected chi connectivity index (χ0v) is 12.4. The number of pyridine rings is 1. The molecule has 20 heavy (non-hydrogen) atoms. The summed E-state index contributed by atoms with van der Waals surface area (Å²) >= 11 is 0. The van der Waals surface area contributed by atoms with Crippen LogP contribution < -0.4 is 11.1 Å². The molecular formula is C17H23N3. The van der Waals surface area contributed by atoms with Crippen LogP contribution in [0.1, 0.15) is 49.4 Å². The summed E-state index contributed by atoms with van der Waals surface area (Å²) in [6.07, 6.45) is 3.57. The van der Waals surface area contributed by atoms with Crippen LogP contribution in [-0.2, 0) is 0 Å². The Balaban J connectivity index is 2.36. The van der Waals surface area contributed by atoms with E-state index in [9.17, 15) is 0 Å². The van der Waals surface area contributed by atoms with Crippen molar-refractivity contribution >= 4 is 5.69 Å². The lowest BCUT2D eigenvalue weighted by Gasteiger charge is -2.20. The smallest absolute Gasteiger partial charge is 0.0612 e. The van der Waals surface area contributed by atoms with Gasteiger partial charge in [-0.05, 0) is 29.7 Å². The van der Waals surface area contributed by atoms with E-state index in [0.29, 0.717) is 5.92 Å². The molecular weight excluding hydrogens is 246 g/mol. The van der Waals surface area contributed by atoms with E-state index in [-0.39, 0.29) is 6.04 Å². The minimum atomic E-state index is 0.0925. The Morgan fingerprint density at radius 2 is 1.75 bits per heavy atom. The Hall–Kier alpha value is -1.87. The lowest BCUT2D eigenvalue weighted by molar-refractivity contribution is 0.630. The molecule has 0 radical (unpaired) electrons. The Labute approximate surface area is 121 Å². The maximum absolute atomic E-state index is 6.09. The molecule has 3 nitrogen and oxygen atoms in total. The fourth-order valence-corrected chi connectivity index (χ4v) is 2.34. The van der Waals surface area contributed by atoms with Gasteiger partial charge in [-0.25, -0.2) is 0 Å². The minimum Gasteiger partial charge on any atom is -0.398 e. The van der Waals surface area contributed by atoms with Gasteiger partial charge < -0.3 is 11.1 Å². The van der Waals surface area contributed by atoms with Crippen LogP contribution in [0.15, 0.2) is 42.7 Å². The molecule has 106 valence electrons. The third-order valence-electron chi connectivity index (χ3n) is 3.54. The van der Waals surface area contributed by atoms with Gasteiger partial charge in [-0.2, -0.15) is 0 Å². The van der Waals surface area contributed by atoms with Gasteiger partial charge in [0.1, 0.15) is 0 Å². The van der Waals surface area contributed by atoms with Crippen molar-refractivity contribution in [3.8, 4) is 0 Å². The molecule has 2 rings (SSSR count). The van der Waals surface area contributed by atoms with Gasteiger partial charge in [0.05, 0.1) is 6.04 Å². The van der Waals surface area contributed by atoms with Gasteiger partial charge in [-0.3, -0.25) is 4.98 Å². The number of anilines is 1. The largest absolute Gasteiger partial charge is 0.398 e. The minimum absolute atomic E-state index is 0.0925. The zero-order valence-electron chi connectivity index (χ0n) is 12.4. The van der Waals surface area contributed by atoms with Crippen molar-refractivity contribution in [2.45, 2.75) is 32.7 Å². The molecule has 0 fully saturated rings. The Bertz CT molecular complexity index is 546. The molecule has 3 heteroatoms. The predicted molar refractivity (Wildman–Crippen MR) is 84.7 cm³/mol. The standard InChI is InChI=1S/C17H23N3/c1-4-20-17(15-11-19-10-9-16(15)18)14-7-5-13(6-8-14)12(2)3/h5-12,17,20H,4H2,1-3H3,(H2,18,19). The second-order valence-corrected chi connectivity index (χ2v) is 5.32. The summed E-state index contributed by atoms with van der Waals surface area (Å²) in [4.78, 5) is 4.20. The van der Waals surface area contributed by atoms with Crippen molar-refractivity contribution in [2.24, 2.45) is 0 Å². The first-order valence-electron chi connectivity index (χ1n) is 7.16. The third-order valence-corrected chi connectivity index (χ3v) is 3.54. The molecule has 1 aromatic carbocycles. The maximum Gasteiger partial charge on any atom is 0.0612 e. The highest BCUT2D eigenvalue weighted by Crippen LogP contribution is 2.27. The Morgan fingerprint density at radius 1 is 1.10 bits per heavy atom. The summed E-state index contributed by atoms with van der Waals surface area (Å²) in [5, 5.41) is 3.48. The van der Waals surface area contributed by atoms with Crippen molar-refractivity contribution in [1.82, 2.24) is 10.3 Å². The van der Waals surface area contributed by atoms with Gasteiger partial charge in [0.2, 0.25) is 0 Å². The van der Waals surface area contributed by atoms with E-state index in [1.165, 1.54) is 11.1 Å². The number of nitrogens with zero attached hydrogens (tertiary/aromatic N) is 1. The van der Waals surface area contributed by atoms with Crippen LogP contribution in [0.5, 0.6) is 0 Å². The molecule has 1 aromatic heterocycles. The molecule has 1 unspecified atom stereocenters. The van der Waals surface area contributed by atoms with Crippen LogP contribution in [0.3, 0.4) is 0 Å². The molecule has 2 aromatic rings. The molecule has 0 amide bonds. The number of aromatic nitrogens is 1. The predicted octanol–water partition coefficient (Wildman–Crippen LogP) is 3.49. The van der Waals surface area contributed by atoms with Crippen LogP contribution in [0, 0.1) is 0 Å². The van der Waals surface area contributed by atoms with Crippen LogP contribution in [0.4, 0.5) is 5.69 Å². The van der Waals surface area contributed by atoms with E-state index in [1.54, 1.807) is 6.20 Å². The molecule has 0 aliphatic heterocycles. The SMILES string of the molecule is CCNC(c1ccc(C(C)C)cc1)c1cnccc1N. The molecule has 0 aliphatic rings. The van der Waals surface area contributed by atoms with E-state index in [1.807, 2.05) is 12.3 Å². The number of rotatable bonds is 5. The van der Waals surface area contributed by atoms with E-state index in [2.05, 4.69) is 55.3 Å². The number of nitrogens with two attached hydrogens (primary N) is 1. The number of benzene rings is 1. The highest BCUT2D eigenvalue weighted by atomic mass is 14.9. The summed E-state index contributed by atoms with van der Waals surface area (Å²) in [7, 11) is 0. The van der Waals surface area contributed by atoms with E-state index < -0.39 is 0 Å². The van der Waals surface area contributed by atoms with E-state index >= 15 is 0 Å². The monoisotopic (exact) mass is 269 g/mol. The second kappa shape index (κ2) is 6.53. The highest BCUT2D eigenvalue weighted by molar-refractivity contribution is 5.49. The average molecular weight is 269 g/mol. The van der Waals surface area contributed by atoms with Crippen LogP contribution in [0.25, 0.3) is 0 Å². The van der Waals surface area contributed by atoms with Crippen molar-refractivity contribution in [2.75, 3.05) is 12.3 Å². The first-order chi connectivity index (χ1) is 9.63. The lowest BCUT2D eigenvalue weighted by Crippen LogP contribution is -2.23. The Kier molecular flexibility index (Phi) is 4.74. The quantitative estimate of drug-likeness (QED) is 0.873. The summed E-state index contributed by atoms with van der Waals surface area (Å²) in [6, 6.07) is 10.7. The average Bonchev–Trinajstić information content (AvgIpc) is 2.46. The first-order valence-corrected chi connectivity index (χ1v) is 7.16. The van der Waals surface area contributed by atoms with Gasteiger partial charge in [0.25, 0.3) is 0 Å². The molecule has 1 heterocycles. The van der Waals surface area contributed by atoms with Crippen molar-refractivity contribution < 1.29 is 0 Å². The normalized spacial score (nSPS) is 12.6. The van der Waals surface area contributed by atoms with Crippen LogP contribution in [-0.4, -0.2) is 11.5 Å². The number of nitrogen functional groups attached to an aromatic ring is 1. The maximum atomic E-state index is 6.09. The lowest BCUT2D eigenvalue weighted by atomic mass is 9.95. The molecule has 0 saturated carbocycles. The van der Waals surface area contributed by atoms with Crippen LogP contribution >= 0.6 is 0 Å². The highest BCUT2D eigenvalue weighted by Gasteiger charge is 2.15. The van der Waals surface area contributed by atoms with Crippen molar-refractivity contribution in [1.29, 1.82) is 0 Å². The van der Waals surface area contributed by atoms with E-state index in [4.69, 9.17) is 5.73 Å². The molecule has 1 atom stereocenters. The van der Waals surface area contributed by atoms with Gasteiger partial charge in [0, 0.05) is 23.6 Å². The molecule has 0 spiro atoms. The van der Waals surface area contributed by atoms with Crippen molar-refractivity contribution in [3.63, 3.8) is 0 Å². The fourth-order valence-electron chi connectivity index (χ4n) is 2.34. The van der Waals surface area contributed by atoms with Gasteiger partial charge in [0.15, 0.2) is 0 Å².